The van der Waals surface area contributed by atoms with E-state index < -0.39 is 0 Å². The van der Waals surface area contributed by atoms with E-state index in [9.17, 15) is 4.79 Å². The average Bonchev–Trinajstić information content (AvgIpc) is 3.19. The predicted molar refractivity (Wildman–Crippen MR) is 93.9 cm³/mol. The summed E-state index contributed by atoms with van der Waals surface area (Å²) in [6.45, 7) is 1.13. The Morgan fingerprint density at radius 2 is 1.79 bits per heavy atom. The number of likely N-dealkylation sites (tertiary alicyclic amines) is 1. The number of carbonyl (C=O) groups is 1. The summed E-state index contributed by atoms with van der Waals surface area (Å²) < 4.78 is 1.29. The zero-order valence-electron chi connectivity index (χ0n) is 13.1. The van der Waals surface area contributed by atoms with Crippen molar-refractivity contribution in [2.75, 3.05) is 6.54 Å². The second kappa shape index (κ2) is 6.71. The molecule has 1 saturated heterocycles. The van der Waals surface area contributed by atoms with Gasteiger partial charge in [0.2, 0.25) is 0 Å². The zero-order chi connectivity index (χ0) is 16.4. The molecule has 0 spiro atoms. The van der Waals surface area contributed by atoms with Crippen LogP contribution in [0.4, 0.5) is 0 Å². The molecule has 24 heavy (non-hydrogen) atoms. The molecule has 2 heterocycles. The van der Waals surface area contributed by atoms with Crippen LogP contribution in [-0.4, -0.2) is 38.4 Å². The van der Waals surface area contributed by atoms with Crippen LogP contribution in [0, 0.1) is 5.92 Å². The van der Waals surface area contributed by atoms with Gasteiger partial charge in [-0.15, -0.1) is 0 Å². The summed E-state index contributed by atoms with van der Waals surface area (Å²) in [5, 5.41) is 8.45. The van der Waals surface area contributed by atoms with Gasteiger partial charge in [-0.2, -0.15) is 0 Å². The number of nitrogens with zero attached hydrogens (tertiary/aromatic N) is 3. The third kappa shape index (κ3) is 2.93. The molecule has 0 aliphatic carbocycles. The van der Waals surface area contributed by atoms with Crippen molar-refractivity contribution in [3.05, 3.63) is 76.9 Å². The first-order valence-corrected chi connectivity index (χ1v) is 9.81. The van der Waals surface area contributed by atoms with E-state index in [-0.39, 0.29) is 32.8 Å². The van der Waals surface area contributed by atoms with Gasteiger partial charge < -0.3 is 0 Å². The molecule has 120 valence electrons. The zero-order valence-corrected chi connectivity index (χ0v) is 14.8. The van der Waals surface area contributed by atoms with Crippen LogP contribution in [0.5, 0.6) is 0 Å². The van der Waals surface area contributed by atoms with Crippen LogP contribution in [-0.2, 0) is 11.3 Å². The van der Waals surface area contributed by atoms with Crippen molar-refractivity contribution in [3.63, 3.8) is 0 Å². The SMILES string of the molecule is O=C1[C@@H]2CN=N[C@@H]2/C(=C\[Se]c2ccccc2)N1Cc1ccccc1. The quantitative estimate of drug-likeness (QED) is 0.749. The van der Waals surface area contributed by atoms with Crippen LogP contribution in [0.2, 0.25) is 0 Å². The molecule has 2 aliphatic heterocycles. The number of carbonyl (C=O) groups excluding carboxylic acids is 1. The fourth-order valence-electron chi connectivity index (χ4n) is 3.06. The molecule has 2 atom stereocenters. The van der Waals surface area contributed by atoms with Crippen LogP contribution >= 0.6 is 0 Å². The molecule has 2 aromatic carbocycles. The third-order valence-electron chi connectivity index (χ3n) is 4.31. The predicted octanol–water partition coefficient (Wildman–Crippen LogP) is 2.35. The Labute approximate surface area is 147 Å². The van der Waals surface area contributed by atoms with E-state index in [2.05, 4.69) is 51.6 Å². The molecule has 2 aliphatic rings. The van der Waals surface area contributed by atoms with Gasteiger partial charge >= 0.3 is 147 Å². The fraction of sp³-hybridized carbons (Fsp3) is 0.211. The Bertz CT molecular complexity index is 789. The number of benzene rings is 2. The first-order chi connectivity index (χ1) is 11.8. The Morgan fingerprint density at radius 3 is 2.54 bits per heavy atom. The summed E-state index contributed by atoms with van der Waals surface area (Å²) in [7, 11) is 0. The minimum atomic E-state index is -0.105. The second-order valence-electron chi connectivity index (χ2n) is 5.87. The molecule has 4 nitrogen and oxygen atoms in total. The van der Waals surface area contributed by atoms with Crippen molar-refractivity contribution in [2.45, 2.75) is 12.6 Å². The molecule has 1 fully saturated rings. The Balaban J connectivity index is 1.62. The van der Waals surface area contributed by atoms with Crippen molar-refractivity contribution >= 4 is 25.3 Å². The van der Waals surface area contributed by atoms with Crippen LogP contribution < -0.4 is 4.46 Å². The minimum absolute atomic E-state index is 0.0909. The van der Waals surface area contributed by atoms with Crippen LogP contribution in [0.3, 0.4) is 0 Å². The normalized spacial score (nSPS) is 23.9. The standard InChI is InChI=1S/C19H17N3OSe/c23-19-16-11-20-21-18(16)17(13-24-15-9-5-2-6-10-15)22(19)12-14-7-3-1-4-8-14/h1-10,13,16,18H,11-12H2/b17-13+/t16-,18+/m1/s1. The number of hydrogen-bond acceptors (Lipinski definition) is 3. The summed E-state index contributed by atoms with van der Waals surface area (Å²) >= 11 is 0.179. The van der Waals surface area contributed by atoms with Gasteiger partial charge in [0.15, 0.2) is 0 Å². The van der Waals surface area contributed by atoms with E-state index in [4.69, 9.17) is 0 Å². The van der Waals surface area contributed by atoms with Gasteiger partial charge in [0, 0.05) is 0 Å². The topological polar surface area (TPSA) is 45.0 Å². The van der Waals surface area contributed by atoms with Crippen molar-refractivity contribution < 1.29 is 4.79 Å². The maximum absolute atomic E-state index is 12.8. The van der Waals surface area contributed by atoms with E-state index in [0.717, 1.165) is 11.3 Å². The Hall–Kier alpha value is -2.23. The fourth-order valence-corrected chi connectivity index (χ4v) is 4.82. The first-order valence-electron chi connectivity index (χ1n) is 7.96. The molecule has 0 aromatic heterocycles. The summed E-state index contributed by atoms with van der Waals surface area (Å²) in [5.41, 5.74) is 2.17. The van der Waals surface area contributed by atoms with Crippen molar-refractivity contribution in [3.8, 4) is 0 Å². The summed E-state index contributed by atoms with van der Waals surface area (Å²) in [4.78, 5) is 16.9. The molecule has 1 amide bonds. The van der Waals surface area contributed by atoms with Gasteiger partial charge in [0.05, 0.1) is 0 Å². The number of fused-ring (bicyclic) bond motifs is 1. The van der Waals surface area contributed by atoms with Crippen molar-refractivity contribution in [1.82, 2.24) is 4.90 Å². The Kier molecular flexibility index (Phi) is 4.28. The first kappa shape index (κ1) is 15.3. The molecular formula is C19H17N3OSe. The molecule has 0 N–H and O–H groups in total. The molecule has 2 aromatic rings. The monoisotopic (exact) mass is 383 g/mol. The van der Waals surface area contributed by atoms with Crippen LogP contribution in [0.1, 0.15) is 5.56 Å². The molecule has 0 saturated carbocycles. The second-order valence-corrected chi connectivity index (χ2v) is 7.85. The van der Waals surface area contributed by atoms with Gasteiger partial charge in [-0.1, -0.05) is 0 Å². The van der Waals surface area contributed by atoms with E-state index in [1.54, 1.807) is 0 Å². The summed E-state index contributed by atoms with van der Waals surface area (Å²) in [6.07, 6.45) is 0. The van der Waals surface area contributed by atoms with Crippen LogP contribution in [0.25, 0.3) is 0 Å². The molecular weight excluding hydrogens is 365 g/mol. The Morgan fingerprint density at radius 1 is 1.08 bits per heavy atom. The third-order valence-corrected chi connectivity index (χ3v) is 6.20. The molecule has 0 bridgehead atoms. The van der Waals surface area contributed by atoms with Gasteiger partial charge in [-0.3, -0.25) is 0 Å². The molecule has 4 rings (SSSR count). The van der Waals surface area contributed by atoms with E-state index in [1.807, 2.05) is 29.2 Å². The number of hydrogen-bond donors (Lipinski definition) is 0. The number of azo groups is 1. The maximum atomic E-state index is 12.8. The van der Waals surface area contributed by atoms with Gasteiger partial charge in [0.25, 0.3) is 0 Å². The summed E-state index contributed by atoms with van der Waals surface area (Å²) in [5.74, 6) is 0.0514. The van der Waals surface area contributed by atoms with Crippen molar-refractivity contribution in [2.24, 2.45) is 16.1 Å². The molecule has 5 heteroatoms. The number of rotatable bonds is 4. The average molecular weight is 382 g/mol. The molecule has 0 radical (unpaired) electrons. The number of amides is 1. The van der Waals surface area contributed by atoms with Gasteiger partial charge in [0.1, 0.15) is 0 Å². The molecule has 0 unspecified atom stereocenters. The van der Waals surface area contributed by atoms with Crippen molar-refractivity contribution in [1.29, 1.82) is 0 Å². The van der Waals surface area contributed by atoms with Gasteiger partial charge in [-0.05, 0) is 0 Å². The summed E-state index contributed by atoms with van der Waals surface area (Å²) in [6, 6.07) is 20.4. The van der Waals surface area contributed by atoms with Gasteiger partial charge in [-0.25, -0.2) is 0 Å². The van der Waals surface area contributed by atoms with E-state index in [0.29, 0.717) is 13.1 Å². The van der Waals surface area contributed by atoms with E-state index in [1.165, 1.54) is 4.46 Å². The van der Waals surface area contributed by atoms with E-state index >= 15 is 0 Å². The van der Waals surface area contributed by atoms with Crippen LogP contribution in [0.15, 0.2) is 81.6 Å².